The van der Waals surface area contributed by atoms with Gasteiger partial charge in [0.2, 0.25) is 0 Å². The number of anilines is 1. The van der Waals surface area contributed by atoms with Crippen LogP contribution in [0.4, 0.5) is 5.82 Å². The zero-order chi connectivity index (χ0) is 17.8. The minimum absolute atomic E-state index is 0.612. The summed E-state index contributed by atoms with van der Waals surface area (Å²) < 4.78 is 16.1. The second-order valence-corrected chi connectivity index (χ2v) is 5.76. The Morgan fingerprint density at radius 1 is 0.920 bits per heavy atom. The molecule has 0 aliphatic carbocycles. The van der Waals surface area contributed by atoms with Gasteiger partial charge in [-0.2, -0.15) is 0 Å². The molecule has 0 unspecified atom stereocenters. The van der Waals surface area contributed by atoms with Gasteiger partial charge < -0.3 is 19.5 Å². The first-order chi connectivity index (χ1) is 12.1. The maximum Gasteiger partial charge on any atom is 0.145 e. The Morgan fingerprint density at radius 2 is 1.64 bits per heavy atom. The van der Waals surface area contributed by atoms with E-state index in [1.807, 2.05) is 36.4 Å². The van der Waals surface area contributed by atoms with Crippen molar-refractivity contribution in [2.24, 2.45) is 0 Å². The summed E-state index contributed by atoms with van der Waals surface area (Å²) in [5, 5.41) is 4.46. The average molecular weight is 338 g/mol. The minimum Gasteiger partial charge on any atom is -0.497 e. The summed E-state index contributed by atoms with van der Waals surface area (Å²) in [7, 11) is 4.95. The molecule has 0 saturated heterocycles. The standard InChI is InChI=1S/C20H22N2O3/c1-13-8-19(22-20-17(13)6-5-7-18(20)25-4)21-12-14-9-15(23-2)11-16(10-14)24-3/h5-11H,12H2,1-4H3,(H,21,22). The molecule has 130 valence electrons. The number of ether oxygens (including phenoxy) is 3. The Morgan fingerprint density at radius 3 is 2.28 bits per heavy atom. The molecular weight excluding hydrogens is 316 g/mol. The predicted octanol–water partition coefficient (Wildman–Crippen LogP) is 4.18. The van der Waals surface area contributed by atoms with E-state index in [0.717, 1.165) is 45.1 Å². The highest BCUT2D eigenvalue weighted by Crippen LogP contribution is 2.28. The van der Waals surface area contributed by atoms with Gasteiger partial charge in [0.15, 0.2) is 0 Å². The molecule has 5 nitrogen and oxygen atoms in total. The Labute approximate surface area is 147 Å². The highest BCUT2D eigenvalue weighted by molar-refractivity contribution is 5.88. The van der Waals surface area contributed by atoms with E-state index < -0.39 is 0 Å². The molecule has 0 spiro atoms. The third-order valence-corrected chi connectivity index (χ3v) is 4.11. The van der Waals surface area contributed by atoms with Crippen molar-refractivity contribution in [1.29, 1.82) is 0 Å². The smallest absolute Gasteiger partial charge is 0.145 e. The Hall–Kier alpha value is -2.95. The molecule has 0 atom stereocenters. The summed E-state index contributed by atoms with van der Waals surface area (Å²) in [4.78, 5) is 4.71. The van der Waals surface area contributed by atoms with Crippen molar-refractivity contribution in [2.75, 3.05) is 26.6 Å². The normalized spacial score (nSPS) is 10.6. The van der Waals surface area contributed by atoms with E-state index in [2.05, 4.69) is 18.3 Å². The molecule has 5 heteroatoms. The summed E-state index contributed by atoms with van der Waals surface area (Å²) in [5.41, 5.74) is 3.06. The molecule has 0 bridgehead atoms. The van der Waals surface area contributed by atoms with Gasteiger partial charge in [-0.25, -0.2) is 4.98 Å². The minimum atomic E-state index is 0.612. The van der Waals surface area contributed by atoms with Gasteiger partial charge in [-0.05, 0) is 42.3 Å². The first kappa shape index (κ1) is 16.9. The third kappa shape index (κ3) is 3.60. The number of aromatic nitrogens is 1. The quantitative estimate of drug-likeness (QED) is 0.731. The number of nitrogens with zero attached hydrogens (tertiary/aromatic N) is 1. The van der Waals surface area contributed by atoms with Crippen LogP contribution in [0.15, 0.2) is 42.5 Å². The number of rotatable bonds is 6. The van der Waals surface area contributed by atoms with Crippen LogP contribution < -0.4 is 19.5 Å². The van der Waals surface area contributed by atoms with E-state index in [1.54, 1.807) is 21.3 Å². The van der Waals surface area contributed by atoms with Gasteiger partial charge in [0, 0.05) is 18.0 Å². The van der Waals surface area contributed by atoms with E-state index in [1.165, 1.54) is 0 Å². The molecule has 0 amide bonds. The highest BCUT2D eigenvalue weighted by Gasteiger charge is 2.08. The second kappa shape index (κ2) is 7.30. The van der Waals surface area contributed by atoms with Gasteiger partial charge in [0.25, 0.3) is 0 Å². The lowest BCUT2D eigenvalue weighted by Gasteiger charge is -2.12. The van der Waals surface area contributed by atoms with E-state index in [0.29, 0.717) is 6.54 Å². The fourth-order valence-electron chi connectivity index (χ4n) is 2.81. The number of benzene rings is 2. The fraction of sp³-hybridized carbons (Fsp3) is 0.250. The maximum atomic E-state index is 5.44. The van der Waals surface area contributed by atoms with Crippen LogP contribution in [0, 0.1) is 6.92 Å². The number of fused-ring (bicyclic) bond motifs is 1. The van der Waals surface area contributed by atoms with Crippen LogP contribution in [0.1, 0.15) is 11.1 Å². The summed E-state index contributed by atoms with van der Waals surface area (Å²) in [6.45, 7) is 2.68. The number of para-hydroxylation sites is 1. The number of pyridine rings is 1. The lowest BCUT2D eigenvalue weighted by molar-refractivity contribution is 0.393. The van der Waals surface area contributed by atoms with E-state index in [4.69, 9.17) is 19.2 Å². The zero-order valence-electron chi connectivity index (χ0n) is 14.9. The van der Waals surface area contributed by atoms with Crippen LogP contribution in [0.25, 0.3) is 10.9 Å². The molecule has 0 radical (unpaired) electrons. The van der Waals surface area contributed by atoms with Crippen LogP contribution in [-0.2, 0) is 6.54 Å². The molecule has 1 heterocycles. The topological polar surface area (TPSA) is 52.6 Å². The van der Waals surface area contributed by atoms with Crippen molar-refractivity contribution < 1.29 is 14.2 Å². The maximum absolute atomic E-state index is 5.44. The lowest BCUT2D eigenvalue weighted by Crippen LogP contribution is -2.03. The van der Waals surface area contributed by atoms with Crippen molar-refractivity contribution >= 4 is 16.7 Å². The van der Waals surface area contributed by atoms with Gasteiger partial charge in [0.05, 0.1) is 21.3 Å². The van der Waals surface area contributed by atoms with Gasteiger partial charge in [-0.1, -0.05) is 12.1 Å². The van der Waals surface area contributed by atoms with Gasteiger partial charge in [-0.3, -0.25) is 0 Å². The second-order valence-electron chi connectivity index (χ2n) is 5.76. The first-order valence-electron chi connectivity index (χ1n) is 8.04. The molecule has 0 aliphatic heterocycles. The van der Waals surface area contributed by atoms with Crippen LogP contribution in [0.2, 0.25) is 0 Å². The Bertz CT molecular complexity index is 871. The molecule has 3 rings (SSSR count). The Kier molecular flexibility index (Phi) is 4.93. The fourth-order valence-corrected chi connectivity index (χ4v) is 2.81. The number of hydrogen-bond donors (Lipinski definition) is 1. The molecule has 1 N–H and O–H groups in total. The molecule has 0 fully saturated rings. The summed E-state index contributed by atoms with van der Waals surface area (Å²) >= 11 is 0. The van der Waals surface area contributed by atoms with Crippen molar-refractivity contribution in [3.05, 3.63) is 53.6 Å². The van der Waals surface area contributed by atoms with Crippen LogP contribution >= 0.6 is 0 Å². The zero-order valence-corrected chi connectivity index (χ0v) is 14.9. The molecule has 0 aliphatic rings. The largest absolute Gasteiger partial charge is 0.497 e. The molecule has 1 aromatic heterocycles. The molecule has 3 aromatic rings. The predicted molar refractivity (Wildman–Crippen MR) is 99.9 cm³/mol. The third-order valence-electron chi connectivity index (χ3n) is 4.11. The summed E-state index contributed by atoms with van der Waals surface area (Å²) in [6, 6.07) is 13.8. The molecule has 2 aromatic carbocycles. The van der Waals surface area contributed by atoms with Crippen molar-refractivity contribution in [3.63, 3.8) is 0 Å². The van der Waals surface area contributed by atoms with Crippen LogP contribution in [-0.4, -0.2) is 26.3 Å². The lowest BCUT2D eigenvalue weighted by atomic mass is 10.1. The number of aryl methyl sites for hydroxylation is 1. The van der Waals surface area contributed by atoms with E-state index in [-0.39, 0.29) is 0 Å². The summed E-state index contributed by atoms with van der Waals surface area (Å²) in [6.07, 6.45) is 0. The van der Waals surface area contributed by atoms with E-state index >= 15 is 0 Å². The van der Waals surface area contributed by atoms with Crippen molar-refractivity contribution in [1.82, 2.24) is 4.98 Å². The van der Waals surface area contributed by atoms with Crippen molar-refractivity contribution in [3.8, 4) is 17.2 Å². The highest BCUT2D eigenvalue weighted by atomic mass is 16.5. The van der Waals surface area contributed by atoms with E-state index in [9.17, 15) is 0 Å². The van der Waals surface area contributed by atoms with Gasteiger partial charge in [-0.15, -0.1) is 0 Å². The van der Waals surface area contributed by atoms with Gasteiger partial charge >= 0.3 is 0 Å². The first-order valence-corrected chi connectivity index (χ1v) is 8.04. The van der Waals surface area contributed by atoms with Crippen LogP contribution in [0.5, 0.6) is 17.2 Å². The number of nitrogens with one attached hydrogen (secondary N) is 1. The Balaban J connectivity index is 1.89. The van der Waals surface area contributed by atoms with Gasteiger partial charge in [0.1, 0.15) is 28.6 Å². The number of hydrogen-bond acceptors (Lipinski definition) is 5. The average Bonchev–Trinajstić information content (AvgIpc) is 2.65. The van der Waals surface area contributed by atoms with Crippen molar-refractivity contribution in [2.45, 2.75) is 13.5 Å². The summed E-state index contributed by atoms with van der Waals surface area (Å²) in [5.74, 6) is 3.10. The molecular formula is C20H22N2O3. The monoisotopic (exact) mass is 338 g/mol. The SMILES string of the molecule is COc1cc(CNc2cc(C)c3cccc(OC)c3n2)cc(OC)c1. The van der Waals surface area contributed by atoms with Crippen LogP contribution in [0.3, 0.4) is 0 Å². The number of methoxy groups -OCH3 is 3. The molecule has 25 heavy (non-hydrogen) atoms. The molecule has 0 saturated carbocycles.